The Morgan fingerprint density at radius 2 is 0.848 bits per heavy atom. The molecule has 1 saturated heterocycles. The van der Waals surface area contributed by atoms with Gasteiger partial charge in [0, 0.05) is 47.4 Å². The third-order valence-corrected chi connectivity index (χ3v) is 14.7. The van der Waals surface area contributed by atoms with Crippen LogP contribution in [0.5, 0.6) is 0 Å². The van der Waals surface area contributed by atoms with Crippen molar-refractivity contribution in [2.24, 2.45) is 9.98 Å². The molecule has 11 rings (SSSR count). The molecule has 8 aromatic rings. The zero-order valence-electron chi connectivity index (χ0n) is 45.8. The van der Waals surface area contributed by atoms with Crippen LogP contribution in [-0.2, 0) is 40.8 Å². The summed E-state index contributed by atoms with van der Waals surface area (Å²) in [6, 6.07) is 39.7. The van der Waals surface area contributed by atoms with Gasteiger partial charge in [0.25, 0.3) is 0 Å². The molecule has 0 aliphatic carbocycles. The van der Waals surface area contributed by atoms with E-state index in [1.807, 2.05) is 154 Å². The van der Waals surface area contributed by atoms with E-state index >= 15 is 0 Å². The number of hydrogen-bond donors (Lipinski definition) is 0. The van der Waals surface area contributed by atoms with Crippen molar-refractivity contribution >= 4 is 39.9 Å². The molecule has 6 aromatic carbocycles. The Morgan fingerprint density at radius 1 is 0.506 bits per heavy atom. The molecule has 0 N–H and O–H groups in total. The molecule has 3 aliphatic heterocycles. The molecule has 412 valence electrons. The molecule has 2 aromatic heterocycles. The van der Waals surface area contributed by atoms with E-state index in [0.29, 0.717) is 35.9 Å². The van der Waals surface area contributed by atoms with E-state index in [2.05, 4.69) is 68.9 Å². The summed E-state index contributed by atoms with van der Waals surface area (Å²) >= 11 is 3.39. The minimum Gasteiger partial charge on any atom is -0.399 e. The monoisotopic (exact) mass is 1230 g/mol. The fourth-order valence-corrected chi connectivity index (χ4v) is 9.25. The standard InChI is InChI=1S/C27H25F2N5.C22H24BF2NO2.C11H13BrN4.Pd/c1-27(2,3)34-32-26(31-33-34)20-13-9-18(10-14-20)17-7-11-19(12-8-17)23-15-16-24(30-23)25-21(28)5-4-6-22(25)29;1-21(2)22(3,4)28-23(27-21)15-10-8-14(9-11-15)18-12-13-19(26-18)20-16(24)6-5-7-17(20)25;1-11(2,3)16-14-10(13-15-16)8-4-6-9(12)7-5-8;/h4-14,23H,15-16H2,1-3H3;5-11,18H,12-13H2,1-4H3;4-7H,1-3H3;. The van der Waals surface area contributed by atoms with Crippen LogP contribution >= 0.6 is 15.9 Å². The van der Waals surface area contributed by atoms with E-state index in [9.17, 15) is 17.6 Å². The number of hydrogen-bond acceptors (Lipinski definition) is 10. The van der Waals surface area contributed by atoms with Crippen molar-refractivity contribution in [1.29, 1.82) is 0 Å². The van der Waals surface area contributed by atoms with Gasteiger partial charge in [-0.3, -0.25) is 9.98 Å². The van der Waals surface area contributed by atoms with Crippen LogP contribution in [0.1, 0.15) is 129 Å². The summed E-state index contributed by atoms with van der Waals surface area (Å²) in [6.07, 6.45) is 2.58. The van der Waals surface area contributed by atoms with Gasteiger partial charge in [0.15, 0.2) is 0 Å². The third-order valence-electron chi connectivity index (χ3n) is 14.2. The van der Waals surface area contributed by atoms with Crippen LogP contribution in [0.25, 0.3) is 33.9 Å². The summed E-state index contributed by atoms with van der Waals surface area (Å²) in [5.41, 5.74) is 6.89. The smallest absolute Gasteiger partial charge is 0.399 e. The first-order valence-corrected chi connectivity index (χ1v) is 26.8. The molecule has 0 radical (unpaired) electrons. The van der Waals surface area contributed by atoms with Crippen LogP contribution in [0.2, 0.25) is 0 Å². The molecule has 5 heterocycles. The Bertz CT molecular complexity index is 3410. The van der Waals surface area contributed by atoms with Gasteiger partial charge in [0.05, 0.1) is 45.5 Å². The number of benzene rings is 6. The second-order valence-electron chi connectivity index (χ2n) is 22.6. The maximum absolute atomic E-state index is 14.1. The van der Waals surface area contributed by atoms with Crippen molar-refractivity contribution in [3.05, 3.63) is 183 Å². The molecule has 79 heavy (non-hydrogen) atoms. The third kappa shape index (κ3) is 13.5. The normalized spacial score (nSPS) is 17.5. The largest absolute Gasteiger partial charge is 0.494 e. The number of tetrazole rings is 2. The van der Waals surface area contributed by atoms with Crippen LogP contribution in [-0.4, -0.2) is 70.2 Å². The predicted octanol–water partition coefficient (Wildman–Crippen LogP) is 13.8. The minimum absolute atomic E-state index is 0. The number of nitrogens with zero attached hydrogens (tertiary/aromatic N) is 10. The van der Waals surface area contributed by atoms with Gasteiger partial charge in [0.2, 0.25) is 11.6 Å². The fourth-order valence-electron chi connectivity index (χ4n) is 8.98. The van der Waals surface area contributed by atoms with Crippen LogP contribution in [0.3, 0.4) is 0 Å². The van der Waals surface area contributed by atoms with Crippen molar-refractivity contribution in [1.82, 2.24) is 40.4 Å². The summed E-state index contributed by atoms with van der Waals surface area (Å²) in [4.78, 5) is 12.5. The summed E-state index contributed by atoms with van der Waals surface area (Å²) < 4.78 is 69.5. The van der Waals surface area contributed by atoms with Crippen LogP contribution in [0, 0.1) is 23.3 Å². The Kier molecular flexibility index (Phi) is 17.7. The Balaban J connectivity index is 0.000000165. The topological polar surface area (TPSA) is 130 Å². The fraction of sp³-hybridized carbons (Fsp3) is 0.333. The van der Waals surface area contributed by atoms with Crippen molar-refractivity contribution in [2.45, 2.75) is 129 Å². The summed E-state index contributed by atoms with van der Waals surface area (Å²) in [5.74, 6) is -0.991. The molecule has 0 spiro atoms. The Hall–Kier alpha value is -6.35. The molecule has 0 amide bonds. The van der Waals surface area contributed by atoms with Gasteiger partial charge in [-0.2, -0.15) is 9.59 Å². The van der Waals surface area contributed by atoms with Gasteiger partial charge < -0.3 is 9.31 Å². The molecule has 3 aliphatic rings. The molecule has 19 heteroatoms. The second kappa shape index (κ2) is 23.8. The van der Waals surface area contributed by atoms with E-state index in [-0.39, 0.29) is 65.9 Å². The number of halogens is 5. The Labute approximate surface area is 481 Å². The van der Waals surface area contributed by atoms with Gasteiger partial charge in [-0.05, 0) is 182 Å². The van der Waals surface area contributed by atoms with Gasteiger partial charge in [-0.25, -0.2) is 17.6 Å². The molecule has 12 nitrogen and oxygen atoms in total. The molecule has 1 fully saturated rings. The molecular formula is C60H62BBrF4N10O2Pd. The second-order valence-corrected chi connectivity index (χ2v) is 23.5. The molecule has 2 unspecified atom stereocenters. The zero-order valence-corrected chi connectivity index (χ0v) is 48.9. The van der Waals surface area contributed by atoms with Crippen molar-refractivity contribution < 1.29 is 47.3 Å². The van der Waals surface area contributed by atoms with Crippen molar-refractivity contribution in [2.75, 3.05) is 0 Å². The van der Waals surface area contributed by atoms with Gasteiger partial charge in [0.1, 0.15) is 23.3 Å². The quantitative estimate of drug-likeness (QED) is 0.109. The van der Waals surface area contributed by atoms with Crippen LogP contribution in [0.4, 0.5) is 17.6 Å². The van der Waals surface area contributed by atoms with Gasteiger partial charge >= 0.3 is 7.12 Å². The summed E-state index contributed by atoms with van der Waals surface area (Å²) in [5, 5.41) is 25.3. The van der Waals surface area contributed by atoms with Crippen LogP contribution in [0.15, 0.2) is 148 Å². The maximum Gasteiger partial charge on any atom is 0.494 e. The van der Waals surface area contributed by atoms with E-state index in [4.69, 9.17) is 9.31 Å². The average Bonchev–Trinajstić information content (AvgIpc) is 4.30. The molecule has 0 bridgehead atoms. The first-order chi connectivity index (χ1) is 36.9. The maximum atomic E-state index is 14.1. The van der Waals surface area contributed by atoms with E-state index in [1.165, 1.54) is 36.4 Å². The van der Waals surface area contributed by atoms with E-state index < -0.39 is 30.4 Å². The minimum atomic E-state index is -0.561. The SMILES string of the molecule is CC(C)(C)n1nnc(-c2ccc(-c3ccc(C4CCC(c5c(F)cccc5F)=N4)cc3)cc2)n1.CC(C)(C)n1nnc(-c2ccc(Br)cc2)n1.CC1(C)OB(c2ccc(C3CCC(c4c(F)cccc4F)=N3)cc2)OC1(C)C.[Pd]. The van der Waals surface area contributed by atoms with Crippen molar-refractivity contribution in [3.8, 4) is 33.9 Å². The summed E-state index contributed by atoms with van der Waals surface area (Å²) in [6.45, 7) is 20.3. The zero-order chi connectivity index (χ0) is 55.7. The van der Waals surface area contributed by atoms with Crippen molar-refractivity contribution in [3.63, 3.8) is 0 Å². The first-order valence-electron chi connectivity index (χ1n) is 26.0. The molecule has 0 saturated carbocycles. The van der Waals surface area contributed by atoms with E-state index in [0.717, 1.165) is 56.2 Å². The Morgan fingerprint density at radius 3 is 1.22 bits per heavy atom. The molecular weight excluding hydrogens is 1170 g/mol. The molecule has 2 atom stereocenters. The number of rotatable bonds is 8. The first kappa shape index (κ1) is 58.8. The summed E-state index contributed by atoms with van der Waals surface area (Å²) in [7, 11) is -0.408. The van der Waals surface area contributed by atoms with E-state index in [1.54, 1.807) is 9.59 Å². The van der Waals surface area contributed by atoms with Gasteiger partial charge in [-0.1, -0.05) is 101 Å². The average molecular weight is 1230 g/mol. The number of aliphatic imine (C=N–C) groups is 2. The van der Waals surface area contributed by atoms with Crippen LogP contribution < -0.4 is 5.46 Å². The number of aromatic nitrogens is 8. The van der Waals surface area contributed by atoms with Gasteiger partial charge in [-0.15, -0.1) is 20.4 Å². The predicted molar refractivity (Wildman–Crippen MR) is 302 cm³/mol.